The zero-order valence-corrected chi connectivity index (χ0v) is 8.61. The number of esters is 1. The number of para-hydroxylation sites is 1. The van der Waals surface area contributed by atoms with E-state index in [1.54, 1.807) is 12.1 Å². The maximum atomic E-state index is 11.7. The summed E-state index contributed by atoms with van der Waals surface area (Å²) in [6.07, 6.45) is 1.76. The maximum Gasteiger partial charge on any atom is 0.314 e. The van der Waals surface area contributed by atoms with Crippen molar-refractivity contribution in [1.29, 1.82) is 0 Å². The van der Waals surface area contributed by atoms with Crippen LogP contribution in [-0.4, -0.2) is 19.1 Å². The van der Waals surface area contributed by atoms with Crippen molar-refractivity contribution >= 4 is 5.97 Å². The Balaban J connectivity index is 1.91. The molecule has 1 N–H and O–H groups in total. The van der Waals surface area contributed by atoms with Crippen molar-refractivity contribution in [2.75, 3.05) is 13.1 Å². The van der Waals surface area contributed by atoms with E-state index in [0.29, 0.717) is 5.75 Å². The molecule has 3 heteroatoms. The molecule has 0 bridgehead atoms. The fraction of sp³-hybridized carbons (Fsp3) is 0.417. The number of carbonyl (C=O) groups is 1. The van der Waals surface area contributed by atoms with Crippen LogP contribution in [0.15, 0.2) is 30.3 Å². The standard InChI is InChI=1S/C12H15NO2/c14-12(10-6-8-13-9-7-10)15-11-4-2-1-3-5-11/h1-5,10,13H,6-9H2. The van der Waals surface area contributed by atoms with Gasteiger partial charge in [-0.1, -0.05) is 18.2 Å². The van der Waals surface area contributed by atoms with Crippen LogP contribution in [0.2, 0.25) is 0 Å². The van der Waals surface area contributed by atoms with Crippen LogP contribution < -0.4 is 10.1 Å². The van der Waals surface area contributed by atoms with Crippen LogP contribution >= 0.6 is 0 Å². The summed E-state index contributed by atoms with van der Waals surface area (Å²) in [5.41, 5.74) is 0. The molecule has 1 heterocycles. The predicted octanol–water partition coefficient (Wildman–Crippen LogP) is 1.59. The van der Waals surface area contributed by atoms with E-state index in [1.807, 2.05) is 18.2 Å². The van der Waals surface area contributed by atoms with Gasteiger partial charge in [-0.15, -0.1) is 0 Å². The van der Waals surface area contributed by atoms with Crippen molar-refractivity contribution in [3.8, 4) is 5.75 Å². The van der Waals surface area contributed by atoms with Gasteiger partial charge in [0.2, 0.25) is 0 Å². The lowest BCUT2D eigenvalue weighted by Gasteiger charge is -2.20. The van der Waals surface area contributed by atoms with Gasteiger partial charge < -0.3 is 10.1 Å². The summed E-state index contributed by atoms with van der Waals surface area (Å²) >= 11 is 0. The van der Waals surface area contributed by atoms with Gasteiger partial charge in [-0.3, -0.25) is 4.79 Å². The molecule has 0 aromatic heterocycles. The molecule has 0 aliphatic carbocycles. The van der Waals surface area contributed by atoms with E-state index in [-0.39, 0.29) is 11.9 Å². The second kappa shape index (κ2) is 4.94. The monoisotopic (exact) mass is 205 g/mol. The number of nitrogens with one attached hydrogen (secondary N) is 1. The molecule has 0 unspecified atom stereocenters. The molecule has 0 saturated carbocycles. The molecule has 2 rings (SSSR count). The Morgan fingerprint density at radius 3 is 2.53 bits per heavy atom. The van der Waals surface area contributed by atoms with Crippen molar-refractivity contribution in [2.45, 2.75) is 12.8 Å². The fourth-order valence-electron chi connectivity index (χ4n) is 1.75. The first kappa shape index (κ1) is 10.2. The average molecular weight is 205 g/mol. The number of rotatable bonds is 2. The largest absolute Gasteiger partial charge is 0.426 e. The highest BCUT2D eigenvalue weighted by molar-refractivity contribution is 5.75. The molecule has 1 aliphatic rings. The Bertz CT molecular complexity index is 318. The Kier molecular flexibility index (Phi) is 3.35. The highest BCUT2D eigenvalue weighted by Crippen LogP contribution is 2.16. The minimum atomic E-state index is -0.0947. The summed E-state index contributed by atoms with van der Waals surface area (Å²) < 4.78 is 5.29. The number of ether oxygens (including phenoxy) is 1. The molecule has 0 atom stereocenters. The fourth-order valence-corrected chi connectivity index (χ4v) is 1.75. The maximum absolute atomic E-state index is 11.7. The molecule has 3 nitrogen and oxygen atoms in total. The summed E-state index contributed by atoms with van der Waals surface area (Å²) in [4.78, 5) is 11.7. The Hall–Kier alpha value is -1.35. The predicted molar refractivity (Wildman–Crippen MR) is 57.7 cm³/mol. The summed E-state index contributed by atoms with van der Waals surface area (Å²) in [6, 6.07) is 9.25. The number of hydrogen-bond donors (Lipinski definition) is 1. The van der Waals surface area contributed by atoms with Crippen molar-refractivity contribution in [3.05, 3.63) is 30.3 Å². The molecule has 0 spiro atoms. The summed E-state index contributed by atoms with van der Waals surface area (Å²) in [5, 5.41) is 3.23. The van der Waals surface area contributed by atoms with Gasteiger partial charge >= 0.3 is 5.97 Å². The molecule has 1 aliphatic heterocycles. The highest BCUT2D eigenvalue weighted by atomic mass is 16.5. The van der Waals surface area contributed by atoms with Gasteiger partial charge in [0, 0.05) is 0 Å². The Labute approximate surface area is 89.4 Å². The molecular formula is C12H15NO2. The average Bonchev–Trinajstić information content (AvgIpc) is 2.31. The minimum Gasteiger partial charge on any atom is -0.426 e. The third-order valence-electron chi connectivity index (χ3n) is 2.63. The molecule has 1 fully saturated rings. The first-order valence-electron chi connectivity index (χ1n) is 5.34. The van der Waals surface area contributed by atoms with Gasteiger partial charge in [0.1, 0.15) is 5.75 Å². The van der Waals surface area contributed by atoms with Gasteiger partial charge in [-0.05, 0) is 38.1 Å². The van der Waals surface area contributed by atoms with Crippen LogP contribution in [0, 0.1) is 5.92 Å². The van der Waals surface area contributed by atoms with Gasteiger partial charge in [0.15, 0.2) is 0 Å². The summed E-state index contributed by atoms with van der Waals surface area (Å²) in [6.45, 7) is 1.82. The van der Waals surface area contributed by atoms with Crippen molar-refractivity contribution < 1.29 is 9.53 Å². The quantitative estimate of drug-likeness (QED) is 0.588. The summed E-state index contributed by atoms with van der Waals surface area (Å²) in [5.74, 6) is 0.607. The molecule has 1 aromatic rings. The third-order valence-corrected chi connectivity index (χ3v) is 2.63. The van der Waals surface area contributed by atoms with Crippen LogP contribution in [0.3, 0.4) is 0 Å². The van der Waals surface area contributed by atoms with Crippen LogP contribution in [0.4, 0.5) is 0 Å². The van der Waals surface area contributed by atoms with Gasteiger partial charge in [-0.2, -0.15) is 0 Å². The minimum absolute atomic E-state index is 0.0615. The Morgan fingerprint density at radius 2 is 1.87 bits per heavy atom. The van der Waals surface area contributed by atoms with Crippen molar-refractivity contribution in [3.63, 3.8) is 0 Å². The van der Waals surface area contributed by atoms with E-state index in [2.05, 4.69) is 5.32 Å². The molecule has 0 radical (unpaired) electrons. The highest BCUT2D eigenvalue weighted by Gasteiger charge is 2.22. The van der Waals surface area contributed by atoms with E-state index in [1.165, 1.54) is 0 Å². The molecule has 1 aromatic carbocycles. The lowest BCUT2D eigenvalue weighted by atomic mass is 9.98. The molecule has 1 saturated heterocycles. The zero-order chi connectivity index (χ0) is 10.5. The second-order valence-corrected chi connectivity index (χ2v) is 3.76. The lowest BCUT2D eigenvalue weighted by Crippen LogP contribution is -2.33. The molecule has 15 heavy (non-hydrogen) atoms. The van der Waals surface area contributed by atoms with Gasteiger partial charge in [0.25, 0.3) is 0 Å². The van der Waals surface area contributed by atoms with Crippen LogP contribution in [-0.2, 0) is 4.79 Å². The molecule has 0 amide bonds. The first-order chi connectivity index (χ1) is 7.36. The van der Waals surface area contributed by atoms with E-state index >= 15 is 0 Å². The first-order valence-corrected chi connectivity index (χ1v) is 5.34. The molecular weight excluding hydrogens is 190 g/mol. The molecule has 80 valence electrons. The van der Waals surface area contributed by atoms with Crippen LogP contribution in [0.25, 0.3) is 0 Å². The van der Waals surface area contributed by atoms with Gasteiger partial charge in [0.05, 0.1) is 5.92 Å². The normalized spacial score (nSPS) is 17.3. The number of piperidine rings is 1. The Morgan fingerprint density at radius 1 is 1.20 bits per heavy atom. The topological polar surface area (TPSA) is 38.3 Å². The number of carbonyl (C=O) groups excluding carboxylic acids is 1. The number of hydrogen-bond acceptors (Lipinski definition) is 3. The lowest BCUT2D eigenvalue weighted by molar-refractivity contribution is -0.139. The van der Waals surface area contributed by atoms with E-state index in [4.69, 9.17) is 4.74 Å². The van der Waals surface area contributed by atoms with E-state index in [9.17, 15) is 4.79 Å². The second-order valence-electron chi connectivity index (χ2n) is 3.76. The summed E-state index contributed by atoms with van der Waals surface area (Å²) in [7, 11) is 0. The number of benzene rings is 1. The van der Waals surface area contributed by atoms with E-state index in [0.717, 1.165) is 25.9 Å². The van der Waals surface area contributed by atoms with Crippen molar-refractivity contribution in [2.24, 2.45) is 5.92 Å². The van der Waals surface area contributed by atoms with Crippen LogP contribution in [0.5, 0.6) is 5.75 Å². The third kappa shape index (κ3) is 2.80. The SMILES string of the molecule is O=C(Oc1ccccc1)C1CCNCC1. The zero-order valence-electron chi connectivity index (χ0n) is 8.61. The smallest absolute Gasteiger partial charge is 0.314 e. The van der Waals surface area contributed by atoms with Crippen LogP contribution in [0.1, 0.15) is 12.8 Å². The van der Waals surface area contributed by atoms with E-state index < -0.39 is 0 Å². The van der Waals surface area contributed by atoms with Gasteiger partial charge in [-0.25, -0.2) is 0 Å². The van der Waals surface area contributed by atoms with Crippen molar-refractivity contribution in [1.82, 2.24) is 5.32 Å².